The lowest BCUT2D eigenvalue weighted by Gasteiger charge is -2.12. The third kappa shape index (κ3) is 6.67. The van der Waals surface area contributed by atoms with Crippen molar-refractivity contribution in [2.75, 3.05) is 19.0 Å². The van der Waals surface area contributed by atoms with Gasteiger partial charge in [-0.05, 0) is 31.0 Å². The first-order valence-electron chi connectivity index (χ1n) is 11.7. The van der Waals surface area contributed by atoms with Gasteiger partial charge in [0.05, 0.1) is 13.3 Å². The molecule has 0 unspecified atom stereocenters. The summed E-state index contributed by atoms with van der Waals surface area (Å²) in [4.78, 5) is 29.5. The Morgan fingerprint density at radius 1 is 1.11 bits per heavy atom. The summed E-state index contributed by atoms with van der Waals surface area (Å²) in [5, 5.41) is 10.7. The molecule has 4 aromatic rings. The van der Waals surface area contributed by atoms with Crippen LogP contribution in [-0.4, -0.2) is 51.1 Å². The minimum absolute atomic E-state index is 0.0540. The summed E-state index contributed by atoms with van der Waals surface area (Å²) >= 11 is 0. The summed E-state index contributed by atoms with van der Waals surface area (Å²) in [6, 6.07) is 13.7. The molecule has 2 heterocycles. The molecule has 0 atom stereocenters. The fraction of sp³-hybridized carbons (Fsp3) is 0.259. The average Bonchev–Trinajstić information content (AvgIpc) is 3.27. The number of carbonyl (C=O) groups is 2. The Bertz CT molecular complexity index is 1420. The van der Waals surface area contributed by atoms with Crippen molar-refractivity contribution in [1.82, 2.24) is 14.4 Å². The molecule has 0 spiro atoms. The van der Waals surface area contributed by atoms with Gasteiger partial charge in [0, 0.05) is 35.6 Å². The largest absolute Gasteiger partial charge is 0.496 e. The molecule has 0 saturated carbocycles. The number of nitrogens with one attached hydrogen (secondary N) is 1. The van der Waals surface area contributed by atoms with Gasteiger partial charge in [0.1, 0.15) is 17.3 Å². The number of nitrogens with zero attached hydrogens (tertiary/aromatic N) is 3. The number of hydrogen-bond donors (Lipinski definition) is 2. The van der Waals surface area contributed by atoms with Crippen LogP contribution in [0, 0.1) is 0 Å². The smallest absolute Gasteiger partial charge is 0.490 e. The molecule has 0 radical (unpaired) electrons. The number of hydrogen-bond acceptors (Lipinski definition) is 6. The number of ketones is 1. The Morgan fingerprint density at radius 2 is 1.76 bits per heavy atom. The number of aromatic nitrogens is 3. The number of anilines is 1. The highest BCUT2D eigenvalue weighted by molar-refractivity contribution is 5.94. The summed E-state index contributed by atoms with van der Waals surface area (Å²) < 4.78 is 39.5. The number of fused-ring (bicyclic) bond motifs is 1. The number of carboxylic acid groups (broad SMARTS) is 1. The summed E-state index contributed by atoms with van der Waals surface area (Å²) in [7, 11) is 1.67. The molecular weight excluding hydrogens is 501 g/mol. The van der Waals surface area contributed by atoms with Gasteiger partial charge in [-0.2, -0.15) is 13.2 Å². The van der Waals surface area contributed by atoms with Crippen molar-refractivity contribution in [3.8, 4) is 28.1 Å². The lowest BCUT2D eigenvalue weighted by molar-refractivity contribution is -0.192. The number of Topliss-reactive ketones (excluding diaryl/α,β-unsaturated/α-hetero) is 1. The molecule has 4 rings (SSSR count). The summed E-state index contributed by atoms with van der Waals surface area (Å²) in [5.74, 6) is -1.000. The zero-order chi connectivity index (χ0) is 27.9. The Hall–Kier alpha value is -4.41. The molecule has 200 valence electrons. The predicted octanol–water partition coefficient (Wildman–Crippen LogP) is 6.12. The van der Waals surface area contributed by atoms with Crippen LogP contribution in [-0.2, 0) is 4.79 Å². The molecule has 38 heavy (non-hydrogen) atoms. The normalized spacial score (nSPS) is 11.0. The van der Waals surface area contributed by atoms with Gasteiger partial charge >= 0.3 is 12.1 Å². The number of aliphatic carboxylic acids is 1. The molecule has 8 nitrogen and oxygen atoms in total. The van der Waals surface area contributed by atoms with E-state index >= 15 is 0 Å². The van der Waals surface area contributed by atoms with Crippen LogP contribution in [0.1, 0.15) is 37.0 Å². The van der Waals surface area contributed by atoms with Crippen LogP contribution in [0.25, 0.3) is 28.0 Å². The molecule has 0 aliphatic rings. The van der Waals surface area contributed by atoms with Crippen LogP contribution in [0.4, 0.5) is 19.0 Å². The quantitative estimate of drug-likeness (QED) is 0.210. The van der Waals surface area contributed by atoms with E-state index in [-0.39, 0.29) is 5.78 Å². The van der Waals surface area contributed by atoms with Gasteiger partial charge in [0.15, 0.2) is 11.4 Å². The lowest BCUT2D eigenvalue weighted by atomic mass is 9.99. The van der Waals surface area contributed by atoms with E-state index in [4.69, 9.17) is 19.6 Å². The average molecular weight is 529 g/mol. The zero-order valence-corrected chi connectivity index (χ0v) is 21.0. The number of carbonyl (C=O) groups excluding carboxylic acids is 1. The maximum absolute atomic E-state index is 11.6. The maximum atomic E-state index is 11.6. The molecule has 0 amide bonds. The Morgan fingerprint density at radius 3 is 2.34 bits per heavy atom. The maximum Gasteiger partial charge on any atom is 0.490 e. The summed E-state index contributed by atoms with van der Waals surface area (Å²) in [5.41, 5.74) is 5.27. The Balaban J connectivity index is 0.000000505. The number of imidazole rings is 1. The first kappa shape index (κ1) is 28.2. The van der Waals surface area contributed by atoms with E-state index in [1.807, 2.05) is 47.0 Å². The molecule has 11 heteroatoms. The standard InChI is InChI=1S/C25H26N4O2.C2HF3O2/c1-4-5-12-27-25-24(28-23-16-26-13-14-29(23)25)20-10-11-21(22(15-20)31-3)19-8-6-18(7-9-19)17(2)30;3-2(4,5)1(6)7/h6-11,13-16,27H,4-5,12H2,1-3H3;(H,6,7). The predicted molar refractivity (Wildman–Crippen MR) is 138 cm³/mol. The van der Waals surface area contributed by atoms with Crippen LogP contribution in [0.2, 0.25) is 0 Å². The summed E-state index contributed by atoms with van der Waals surface area (Å²) in [6.45, 7) is 4.62. The van der Waals surface area contributed by atoms with Crippen molar-refractivity contribution in [2.45, 2.75) is 32.9 Å². The van der Waals surface area contributed by atoms with E-state index in [9.17, 15) is 18.0 Å². The van der Waals surface area contributed by atoms with Crippen molar-refractivity contribution >= 4 is 23.2 Å². The second-order valence-corrected chi connectivity index (χ2v) is 8.25. The highest BCUT2D eigenvalue weighted by Crippen LogP contribution is 2.36. The number of unbranched alkanes of at least 4 members (excludes halogenated alkanes) is 1. The second-order valence-electron chi connectivity index (χ2n) is 8.25. The van der Waals surface area contributed by atoms with E-state index < -0.39 is 12.1 Å². The van der Waals surface area contributed by atoms with Crippen molar-refractivity contribution in [1.29, 1.82) is 0 Å². The Kier molecular flexibility index (Phi) is 9.06. The molecule has 0 fully saturated rings. The van der Waals surface area contributed by atoms with Gasteiger partial charge in [-0.25, -0.2) is 9.78 Å². The number of methoxy groups -OCH3 is 1. The van der Waals surface area contributed by atoms with Crippen LogP contribution in [0.5, 0.6) is 5.75 Å². The van der Waals surface area contributed by atoms with Gasteiger partial charge in [-0.1, -0.05) is 43.7 Å². The Labute approximate surface area is 217 Å². The van der Waals surface area contributed by atoms with Crippen molar-refractivity contribution < 1.29 is 32.6 Å². The first-order chi connectivity index (χ1) is 18.1. The third-order valence-electron chi connectivity index (χ3n) is 5.57. The van der Waals surface area contributed by atoms with E-state index in [2.05, 4.69) is 23.3 Å². The number of rotatable bonds is 8. The van der Waals surface area contributed by atoms with Crippen LogP contribution in [0.3, 0.4) is 0 Å². The van der Waals surface area contributed by atoms with E-state index in [0.29, 0.717) is 5.56 Å². The summed E-state index contributed by atoms with van der Waals surface area (Å²) in [6.07, 6.45) is 2.55. The highest BCUT2D eigenvalue weighted by Gasteiger charge is 2.38. The molecule has 2 aromatic heterocycles. The van der Waals surface area contributed by atoms with Crippen molar-refractivity contribution in [2.24, 2.45) is 0 Å². The second kappa shape index (κ2) is 12.2. The van der Waals surface area contributed by atoms with Crippen molar-refractivity contribution in [3.63, 3.8) is 0 Å². The third-order valence-corrected chi connectivity index (χ3v) is 5.57. The minimum atomic E-state index is -5.08. The monoisotopic (exact) mass is 528 g/mol. The van der Waals surface area contributed by atoms with Crippen molar-refractivity contribution in [3.05, 3.63) is 66.6 Å². The number of benzene rings is 2. The molecule has 0 saturated heterocycles. The SMILES string of the molecule is CCCCNc1c(-c2ccc(-c3ccc(C(C)=O)cc3)c(OC)c2)nc2cnccn12.O=C(O)C(F)(F)F. The van der Waals surface area contributed by atoms with E-state index in [1.54, 1.807) is 26.4 Å². The van der Waals surface area contributed by atoms with Crippen LogP contribution < -0.4 is 10.1 Å². The number of ether oxygens (including phenoxy) is 1. The molecule has 2 aromatic carbocycles. The van der Waals surface area contributed by atoms with Crippen LogP contribution in [0.15, 0.2) is 61.1 Å². The van der Waals surface area contributed by atoms with Gasteiger partial charge < -0.3 is 15.2 Å². The molecule has 0 aliphatic carbocycles. The number of carboxylic acids is 1. The minimum Gasteiger partial charge on any atom is -0.496 e. The number of alkyl halides is 3. The van der Waals surface area contributed by atoms with Crippen LogP contribution >= 0.6 is 0 Å². The fourth-order valence-electron chi connectivity index (χ4n) is 3.62. The van der Waals surface area contributed by atoms with E-state index in [0.717, 1.165) is 59.0 Å². The number of halogens is 3. The van der Waals surface area contributed by atoms with Gasteiger partial charge in [0.2, 0.25) is 0 Å². The molecule has 0 aliphatic heterocycles. The molecular formula is C27H27F3N4O4. The van der Waals surface area contributed by atoms with Gasteiger partial charge in [-0.3, -0.25) is 14.2 Å². The van der Waals surface area contributed by atoms with Gasteiger partial charge in [0.25, 0.3) is 0 Å². The highest BCUT2D eigenvalue weighted by atomic mass is 19.4. The van der Waals surface area contributed by atoms with Gasteiger partial charge in [-0.15, -0.1) is 0 Å². The zero-order valence-electron chi connectivity index (χ0n) is 21.0. The molecule has 2 N–H and O–H groups in total. The fourth-order valence-corrected chi connectivity index (χ4v) is 3.62. The molecule has 0 bridgehead atoms. The lowest BCUT2D eigenvalue weighted by Crippen LogP contribution is -2.21. The topological polar surface area (TPSA) is 106 Å². The first-order valence-corrected chi connectivity index (χ1v) is 11.7. The van der Waals surface area contributed by atoms with E-state index in [1.165, 1.54) is 0 Å².